The molecule has 4 bridgehead atoms. The monoisotopic (exact) mass is 803 g/mol. The average molecular weight is 804 g/mol. The number of rotatable bonds is 6. The number of nitrogens with zero attached hydrogens (tertiary/aromatic N) is 1. The molecule has 0 amide bonds. The molecule has 0 radical (unpaired) electrons. The van der Waals surface area contributed by atoms with Crippen molar-refractivity contribution < 1.29 is 0 Å². The quantitative estimate of drug-likeness (QED) is 0.162. The van der Waals surface area contributed by atoms with E-state index in [0.717, 1.165) is 23.4 Å². The van der Waals surface area contributed by atoms with Crippen LogP contribution >= 0.6 is 11.3 Å². The first-order valence-corrected chi connectivity index (χ1v) is 23.4. The SMILES string of the molecule is CC1(C)c2ccccc2-c2c(N(c3ccc(-c4cccc5cccc(-c6ccccc6)c45)cc3)c3ccc4c(c3)sc3ccc(C56CC7CC(CC(C7)C5)C6)cc34)cccc21. The highest BCUT2D eigenvalue weighted by Crippen LogP contribution is 2.61. The van der Waals surface area contributed by atoms with Gasteiger partial charge >= 0.3 is 0 Å². The van der Waals surface area contributed by atoms with Gasteiger partial charge in [-0.15, -0.1) is 11.3 Å². The summed E-state index contributed by atoms with van der Waals surface area (Å²) in [5.41, 5.74) is 15.9. The van der Waals surface area contributed by atoms with Crippen LogP contribution in [0.15, 0.2) is 170 Å². The maximum absolute atomic E-state index is 2.62. The second-order valence-corrected chi connectivity index (χ2v) is 20.6. The Morgan fingerprint density at radius 1 is 0.492 bits per heavy atom. The van der Waals surface area contributed by atoms with Crippen molar-refractivity contribution >= 4 is 59.3 Å². The van der Waals surface area contributed by atoms with Crippen LogP contribution in [0.5, 0.6) is 0 Å². The molecule has 2 heteroatoms. The van der Waals surface area contributed by atoms with Gasteiger partial charge in [-0.3, -0.25) is 0 Å². The average Bonchev–Trinajstić information content (AvgIpc) is 3.77. The van der Waals surface area contributed by atoms with Crippen molar-refractivity contribution in [3.8, 4) is 33.4 Å². The normalized spacial score (nSPS) is 21.9. The summed E-state index contributed by atoms with van der Waals surface area (Å²) in [5, 5.41) is 5.38. The van der Waals surface area contributed by atoms with Gasteiger partial charge in [0.25, 0.3) is 0 Å². The van der Waals surface area contributed by atoms with Gasteiger partial charge in [-0.05, 0) is 159 Å². The summed E-state index contributed by atoms with van der Waals surface area (Å²) in [7, 11) is 0. The third-order valence-corrected chi connectivity index (χ3v) is 16.7. The Morgan fingerprint density at radius 2 is 1.11 bits per heavy atom. The van der Waals surface area contributed by atoms with Gasteiger partial charge in [0.15, 0.2) is 0 Å². The van der Waals surface area contributed by atoms with Crippen LogP contribution in [0.3, 0.4) is 0 Å². The summed E-state index contributed by atoms with van der Waals surface area (Å²) in [4.78, 5) is 2.53. The molecule has 1 nitrogen and oxygen atoms in total. The topological polar surface area (TPSA) is 3.24 Å². The molecule has 5 aliphatic rings. The number of benzene rings is 8. The van der Waals surface area contributed by atoms with E-state index in [1.165, 1.54) is 125 Å². The first-order chi connectivity index (χ1) is 29.9. The van der Waals surface area contributed by atoms with E-state index in [1.807, 2.05) is 11.3 Å². The first-order valence-electron chi connectivity index (χ1n) is 22.6. The van der Waals surface area contributed by atoms with Crippen LogP contribution in [-0.2, 0) is 10.8 Å². The van der Waals surface area contributed by atoms with Crippen molar-refractivity contribution in [3.05, 3.63) is 187 Å². The molecule has 4 saturated carbocycles. The molecule has 0 atom stereocenters. The number of thiophene rings is 1. The Labute approximate surface area is 363 Å². The van der Waals surface area contributed by atoms with Gasteiger partial charge in [0.1, 0.15) is 0 Å². The van der Waals surface area contributed by atoms with Gasteiger partial charge in [-0.25, -0.2) is 0 Å². The first kappa shape index (κ1) is 35.8. The van der Waals surface area contributed by atoms with Gasteiger partial charge < -0.3 is 4.90 Å². The Hall–Kier alpha value is -5.96. The van der Waals surface area contributed by atoms with Crippen LogP contribution in [0.2, 0.25) is 0 Å². The summed E-state index contributed by atoms with van der Waals surface area (Å²) in [6.07, 6.45) is 8.66. The summed E-state index contributed by atoms with van der Waals surface area (Å²) >= 11 is 1.96. The van der Waals surface area contributed by atoms with E-state index >= 15 is 0 Å². The van der Waals surface area contributed by atoms with Crippen molar-refractivity contribution in [3.63, 3.8) is 0 Å². The molecule has 4 fully saturated rings. The molecule has 61 heavy (non-hydrogen) atoms. The number of fused-ring (bicyclic) bond motifs is 7. The lowest BCUT2D eigenvalue weighted by Crippen LogP contribution is -2.48. The molecule has 9 aromatic rings. The van der Waals surface area contributed by atoms with Crippen molar-refractivity contribution in [2.45, 2.75) is 63.2 Å². The fourth-order valence-corrected chi connectivity index (χ4v) is 14.4. The van der Waals surface area contributed by atoms with Crippen LogP contribution < -0.4 is 4.90 Å². The third-order valence-electron chi connectivity index (χ3n) is 15.6. The second-order valence-electron chi connectivity index (χ2n) is 19.5. The molecule has 296 valence electrons. The smallest absolute Gasteiger partial charge is 0.0543 e. The standard InChI is InChI=1S/C59H49NS/c1-58(2)51-18-7-6-15-49(51)57-52(58)19-10-20-53(57)60(44-24-21-41(22-25-44)47-17-9-14-42-13-8-16-46(56(42)47)40-11-4-3-5-12-40)45-26-27-48-50-32-43(23-28-54(50)61-55(48)33-45)59-34-37-29-38(35-59)31-39(30-37)36-59/h3-28,32-33,37-39H,29-31,34-36H2,1-2H3. The largest absolute Gasteiger partial charge is 0.310 e. The predicted octanol–water partition coefficient (Wildman–Crippen LogP) is 16.8. The highest BCUT2D eigenvalue weighted by molar-refractivity contribution is 7.25. The number of anilines is 3. The van der Waals surface area contributed by atoms with E-state index in [9.17, 15) is 0 Å². The van der Waals surface area contributed by atoms with Crippen molar-refractivity contribution in [1.29, 1.82) is 0 Å². The summed E-state index contributed by atoms with van der Waals surface area (Å²) in [6.45, 7) is 4.77. The molecule has 1 heterocycles. The van der Waals surface area contributed by atoms with Crippen LogP contribution in [0, 0.1) is 17.8 Å². The maximum Gasteiger partial charge on any atom is 0.0543 e. The Kier molecular flexibility index (Phi) is 7.78. The summed E-state index contributed by atoms with van der Waals surface area (Å²) in [5.74, 6) is 2.83. The summed E-state index contributed by atoms with van der Waals surface area (Å²) < 4.78 is 2.76. The summed E-state index contributed by atoms with van der Waals surface area (Å²) in [6, 6.07) is 64.5. The fourth-order valence-electron chi connectivity index (χ4n) is 13.3. The van der Waals surface area contributed by atoms with E-state index in [1.54, 1.807) is 5.56 Å². The minimum atomic E-state index is -0.0911. The van der Waals surface area contributed by atoms with E-state index in [-0.39, 0.29) is 5.41 Å². The maximum atomic E-state index is 2.62. The Bertz CT molecular complexity index is 3160. The number of hydrogen-bond acceptors (Lipinski definition) is 2. The van der Waals surface area contributed by atoms with Gasteiger partial charge in [0.2, 0.25) is 0 Å². The Morgan fingerprint density at radius 3 is 1.85 bits per heavy atom. The zero-order valence-corrected chi connectivity index (χ0v) is 35.8. The van der Waals surface area contributed by atoms with Crippen molar-refractivity contribution in [2.24, 2.45) is 17.8 Å². The van der Waals surface area contributed by atoms with Gasteiger partial charge in [0, 0.05) is 42.5 Å². The molecular weight excluding hydrogens is 755 g/mol. The van der Waals surface area contributed by atoms with Crippen molar-refractivity contribution in [1.82, 2.24) is 0 Å². The van der Waals surface area contributed by atoms with Gasteiger partial charge in [-0.1, -0.05) is 141 Å². The van der Waals surface area contributed by atoms with E-state index in [2.05, 4.69) is 189 Å². The lowest BCUT2D eigenvalue weighted by molar-refractivity contribution is -0.00512. The molecule has 0 unspecified atom stereocenters. The van der Waals surface area contributed by atoms with Crippen LogP contribution in [-0.4, -0.2) is 0 Å². The molecule has 0 N–H and O–H groups in total. The zero-order chi connectivity index (χ0) is 40.5. The minimum Gasteiger partial charge on any atom is -0.310 e. The zero-order valence-electron chi connectivity index (χ0n) is 35.0. The van der Waals surface area contributed by atoms with E-state index < -0.39 is 0 Å². The van der Waals surface area contributed by atoms with Crippen LogP contribution in [0.25, 0.3) is 64.3 Å². The van der Waals surface area contributed by atoms with Gasteiger partial charge in [-0.2, -0.15) is 0 Å². The second kappa shape index (κ2) is 13.3. The molecule has 1 aromatic heterocycles. The van der Waals surface area contributed by atoms with Crippen LogP contribution in [0.4, 0.5) is 17.1 Å². The predicted molar refractivity (Wildman–Crippen MR) is 260 cm³/mol. The molecule has 0 spiro atoms. The lowest BCUT2D eigenvalue weighted by atomic mass is 9.48. The van der Waals surface area contributed by atoms with Crippen LogP contribution in [0.1, 0.15) is 69.1 Å². The lowest BCUT2D eigenvalue weighted by Gasteiger charge is -2.57. The molecule has 0 aliphatic heterocycles. The third kappa shape index (κ3) is 5.44. The minimum absolute atomic E-state index is 0.0911. The molecule has 14 rings (SSSR count). The van der Waals surface area contributed by atoms with E-state index in [0.29, 0.717) is 5.41 Å². The molecule has 8 aromatic carbocycles. The molecule has 0 saturated heterocycles. The van der Waals surface area contributed by atoms with E-state index in [4.69, 9.17) is 0 Å². The highest BCUT2D eigenvalue weighted by atomic mass is 32.1. The molecular formula is C59H49NS. The van der Waals surface area contributed by atoms with Gasteiger partial charge in [0.05, 0.1) is 5.69 Å². The fraction of sp³-hybridized carbons (Fsp3) is 0.220. The Balaban J connectivity index is 0.962. The molecule has 5 aliphatic carbocycles. The van der Waals surface area contributed by atoms with Crippen molar-refractivity contribution in [2.75, 3.05) is 4.90 Å². The highest BCUT2D eigenvalue weighted by Gasteiger charge is 2.51. The number of hydrogen-bond donors (Lipinski definition) is 0.